The lowest BCUT2D eigenvalue weighted by molar-refractivity contribution is -0.150. The zero-order valence-corrected chi connectivity index (χ0v) is 28.3. The van der Waals surface area contributed by atoms with Gasteiger partial charge in [-0.15, -0.1) is 0 Å². The molecule has 0 saturated carbocycles. The van der Waals surface area contributed by atoms with Crippen LogP contribution in [0.4, 0.5) is 0 Å². The van der Waals surface area contributed by atoms with Crippen molar-refractivity contribution in [1.82, 2.24) is 5.32 Å². The molecule has 0 aromatic rings. The molecule has 0 heterocycles. The van der Waals surface area contributed by atoms with Crippen LogP contribution in [-0.4, -0.2) is 41.6 Å². The molecule has 0 radical (unpaired) electrons. The number of hydrogen-bond acceptors (Lipinski definition) is 5. The Morgan fingerprint density at radius 3 is 1.44 bits per heavy atom. The molecule has 0 fully saturated rings. The van der Waals surface area contributed by atoms with Gasteiger partial charge in [0.05, 0.1) is 0 Å². The van der Waals surface area contributed by atoms with Gasteiger partial charge in [-0.05, 0) is 57.9 Å². The van der Waals surface area contributed by atoms with Crippen molar-refractivity contribution in [2.45, 2.75) is 206 Å². The Hall–Kier alpha value is -1.63. The average molecular weight is 611 g/mol. The number of carboxylic acids is 1. The quantitative estimate of drug-likeness (QED) is 0.0503. The fraction of sp³-hybridized carbons (Fsp3) is 0.917. The molecule has 0 saturated heterocycles. The molecule has 2 unspecified atom stereocenters. The van der Waals surface area contributed by atoms with Crippen molar-refractivity contribution < 1.29 is 24.2 Å². The van der Waals surface area contributed by atoms with Crippen molar-refractivity contribution in [3.63, 3.8) is 0 Å². The zero-order chi connectivity index (χ0) is 31.8. The third-order valence-corrected chi connectivity index (χ3v) is 8.42. The van der Waals surface area contributed by atoms with Crippen LogP contribution >= 0.6 is 0 Å². The summed E-state index contributed by atoms with van der Waals surface area (Å²) in [6.07, 6.45) is 30.0. The van der Waals surface area contributed by atoms with E-state index in [1.807, 2.05) is 0 Å². The molecule has 0 aromatic carbocycles. The lowest BCUT2D eigenvalue weighted by atomic mass is 10.0. The van der Waals surface area contributed by atoms with Crippen LogP contribution in [0.1, 0.15) is 194 Å². The molecule has 1 amide bonds. The van der Waals surface area contributed by atoms with E-state index < -0.39 is 12.0 Å². The summed E-state index contributed by atoms with van der Waals surface area (Å²) in [6.45, 7) is 4.91. The Bertz CT molecular complexity index is 658. The number of nitrogens with one attached hydrogen (secondary N) is 1. The van der Waals surface area contributed by atoms with E-state index in [0.717, 1.165) is 64.2 Å². The Kier molecular flexibility index (Phi) is 30.6. The number of aliphatic carboxylic acids is 1. The minimum absolute atomic E-state index is 0.0235. The summed E-state index contributed by atoms with van der Waals surface area (Å²) in [5.74, 6) is -1.23. The normalized spacial score (nSPS) is 12.6. The molecule has 0 aliphatic rings. The molecule has 0 aliphatic carbocycles. The third-order valence-electron chi connectivity index (χ3n) is 8.42. The Morgan fingerprint density at radius 1 is 0.581 bits per heavy atom. The molecule has 0 aliphatic heterocycles. The Labute approximate surface area is 265 Å². The summed E-state index contributed by atoms with van der Waals surface area (Å²) < 4.78 is 5.98. The Balaban J connectivity index is 4.25. The van der Waals surface area contributed by atoms with Crippen LogP contribution in [0.3, 0.4) is 0 Å². The first-order valence-corrected chi connectivity index (χ1v) is 18.4. The maximum Gasteiger partial charge on any atom is 0.326 e. The summed E-state index contributed by atoms with van der Waals surface area (Å²) in [6, 6.07) is -0.850. The van der Waals surface area contributed by atoms with Crippen molar-refractivity contribution >= 4 is 17.8 Å². The van der Waals surface area contributed by atoms with Gasteiger partial charge < -0.3 is 20.9 Å². The third kappa shape index (κ3) is 28.9. The molecule has 0 bridgehead atoms. The maximum atomic E-state index is 12.6. The first kappa shape index (κ1) is 41.4. The van der Waals surface area contributed by atoms with Gasteiger partial charge in [-0.3, -0.25) is 9.59 Å². The fourth-order valence-corrected chi connectivity index (χ4v) is 5.63. The van der Waals surface area contributed by atoms with Crippen molar-refractivity contribution in [1.29, 1.82) is 0 Å². The van der Waals surface area contributed by atoms with Crippen LogP contribution in [0, 0.1) is 0 Å². The summed E-state index contributed by atoms with van der Waals surface area (Å²) >= 11 is 0. The molecule has 7 nitrogen and oxygen atoms in total. The lowest BCUT2D eigenvalue weighted by Crippen LogP contribution is -2.40. The van der Waals surface area contributed by atoms with Crippen LogP contribution in [0.15, 0.2) is 0 Å². The molecule has 0 rings (SSSR count). The van der Waals surface area contributed by atoms with Gasteiger partial charge in [-0.1, -0.05) is 129 Å². The second-order valence-electron chi connectivity index (χ2n) is 12.6. The van der Waals surface area contributed by atoms with Crippen LogP contribution in [0.2, 0.25) is 0 Å². The lowest BCUT2D eigenvalue weighted by Gasteiger charge is -2.18. The summed E-state index contributed by atoms with van der Waals surface area (Å²) in [7, 11) is 0. The van der Waals surface area contributed by atoms with E-state index in [1.54, 1.807) is 0 Å². The van der Waals surface area contributed by atoms with Crippen LogP contribution in [0.25, 0.3) is 0 Å². The van der Waals surface area contributed by atoms with E-state index in [2.05, 4.69) is 19.2 Å². The number of carboxylic acid groups (broad SMARTS) is 1. The molecule has 7 heteroatoms. The predicted molar refractivity (Wildman–Crippen MR) is 179 cm³/mol. The average Bonchev–Trinajstić information content (AvgIpc) is 2.98. The van der Waals surface area contributed by atoms with E-state index in [0.29, 0.717) is 32.2 Å². The van der Waals surface area contributed by atoms with Crippen molar-refractivity contribution in [3.8, 4) is 0 Å². The minimum Gasteiger partial charge on any atom is -0.480 e. The summed E-state index contributed by atoms with van der Waals surface area (Å²) in [5, 5.41) is 11.9. The summed E-state index contributed by atoms with van der Waals surface area (Å²) in [4.78, 5) is 36.0. The SMILES string of the molecule is CCCCCCCCCCCC(=O)OC(CCCCCCCCCC)CCCCCCCC(=O)NC(CCCN)C(=O)O. The number of nitrogens with two attached hydrogens (primary N) is 1. The first-order valence-electron chi connectivity index (χ1n) is 18.4. The number of esters is 1. The fourth-order valence-electron chi connectivity index (χ4n) is 5.63. The predicted octanol–water partition coefficient (Wildman–Crippen LogP) is 9.39. The number of rotatable bonds is 33. The number of carbonyl (C=O) groups is 3. The maximum absolute atomic E-state index is 12.6. The molecular weight excluding hydrogens is 540 g/mol. The van der Waals surface area contributed by atoms with Gasteiger partial charge >= 0.3 is 11.9 Å². The van der Waals surface area contributed by atoms with Gasteiger partial charge in [-0.2, -0.15) is 0 Å². The zero-order valence-electron chi connectivity index (χ0n) is 28.3. The number of ether oxygens (including phenoxy) is 1. The first-order chi connectivity index (χ1) is 20.9. The second-order valence-corrected chi connectivity index (χ2v) is 12.6. The number of hydrogen-bond donors (Lipinski definition) is 3. The summed E-state index contributed by atoms with van der Waals surface area (Å²) in [5.41, 5.74) is 5.46. The highest BCUT2D eigenvalue weighted by atomic mass is 16.5. The second kappa shape index (κ2) is 31.8. The van der Waals surface area contributed by atoms with Gasteiger partial charge in [0.25, 0.3) is 0 Å². The van der Waals surface area contributed by atoms with Gasteiger partial charge in [0.15, 0.2) is 0 Å². The van der Waals surface area contributed by atoms with E-state index in [9.17, 15) is 19.5 Å². The van der Waals surface area contributed by atoms with Gasteiger partial charge in [0.1, 0.15) is 12.1 Å². The topological polar surface area (TPSA) is 119 Å². The smallest absolute Gasteiger partial charge is 0.326 e. The van der Waals surface area contributed by atoms with E-state index in [-0.39, 0.29) is 18.0 Å². The van der Waals surface area contributed by atoms with Crippen molar-refractivity contribution in [3.05, 3.63) is 0 Å². The highest BCUT2D eigenvalue weighted by Crippen LogP contribution is 2.19. The van der Waals surface area contributed by atoms with Crippen molar-refractivity contribution in [2.75, 3.05) is 6.54 Å². The molecule has 254 valence electrons. The molecule has 0 spiro atoms. The van der Waals surface area contributed by atoms with E-state index in [4.69, 9.17) is 10.5 Å². The monoisotopic (exact) mass is 611 g/mol. The number of amides is 1. The van der Waals surface area contributed by atoms with E-state index >= 15 is 0 Å². The van der Waals surface area contributed by atoms with Gasteiger partial charge in [-0.25, -0.2) is 4.79 Å². The highest BCUT2D eigenvalue weighted by molar-refractivity contribution is 5.83. The van der Waals surface area contributed by atoms with Crippen LogP contribution in [0.5, 0.6) is 0 Å². The van der Waals surface area contributed by atoms with Gasteiger partial charge in [0, 0.05) is 12.8 Å². The molecule has 2 atom stereocenters. The molecule has 43 heavy (non-hydrogen) atoms. The van der Waals surface area contributed by atoms with Crippen LogP contribution < -0.4 is 11.1 Å². The number of unbranched alkanes of at least 4 members (excludes halogenated alkanes) is 19. The molecule has 0 aromatic heterocycles. The molecule has 4 N–H and O–H groups in total. The highest BCUT2D eigenvalue weighted by Gasteiger charge is 2.19. The Morgan fingerprint density at radius 2 is 1.00 bits per heavy atom. The number of carbonyl (C=O) groups excluding carboxylic acids is 2. The van der Waals surface area contributed by atoms with Gasteiger partial charge in [0.2, 0.25) is 5.91 Å². The largest absolute Gasteiger partial charge is 0.480 e. The van der Waals surface area contributed by atoms with E-state index in [1.165, 1.54) is 89.9 Å². The minimum atomic E-state index is -1.00. The van der Waals surface area contributed by atoms with Crippen molar-refractivity contribution in [2.24, 2.45) is 5.73 Å². The van der Waals surface area contributed by atoms with Crippen LogP contribution in [-0.2, 0) is 19.1 Å². The standard InChI is InChI=1S/C36H70N2O5/c1-3-5-7-9-11-13-15-20-24-30-35(40)43-32(26-21-17-14-12-10-8-6-4-2)27-22-18-16-19-23-29-34(39)38-33(36(41)42)28-25-31-37/h32-33H,3-31,37H2,1-2H3,(H,38,39)(H,41,42). The molecular formula is C36H70N2O5.